The lowest BCUT2D eigenvalue weighted by Gasteiger charge is -1.97. The number of hydrogen-bond acceptors (Lipinski definition) is 0. The minimum Gasteiger partial charge on any atom is -0.204 e. The molecule has 0 aromatic heterocycles. The highest BCUT2D eigenvalue weighted by atomic mass is 79.9. The summed E-state index contributed by atoms with van der Waals surface area (Å²) < 4.78 is 13.0. The SMILES string of the molecule is Fc1c(Br)ccc(Cl)c1Cl. The first-order valence-electron chi connectivity index (χ1n) is 2.42. The lowest BCUT2D eigenvalue weighted by molar-refractivity contribution is 0.621. The molecule has 0 bridgehead atoms. The zero-order valence-corrected chi connectivity index (χ0v) is 7.76. The fourth-order valence-electron chi connectivity index (χ4n) is 0.502. The molecular formula is C6H2BrCl2F. The summed E-state index contributed by atoms with van der Waals surface area (Å²) in [6.07, 6.45) is 0. The van der Waals surface area contributed by atoms with E-state index in [0.717, 1.165) is 0 Å². The van der Waals surface area contributed by atoms with E-state index in [0.29, 0.717) is 4.47 Å². The summed E-state index contributed by atoms with van der Waals surface area (Å²) >= 11 is 13.9. The van der Waals surface area contributed by atoms with Crippen LogP contribution in [0.25, 0.3) is 0 Å². The van der Waals surface area contributed by atoms with Gasteiger partial charge in [0.25, 0.3) is 0 Å². The van der Waals surface area contributed by atoms with Gasteiger partial charge in [0.15, 0.2) is 5.82 Å². The Morgan fingerprint density at radius 2 is 1.90 bits per heavy atom. The van der Waals surface area contributed by atoms with Crippen molar-refractivity contribution in [3.63, 3.8) is 0 Å². The lowest BCUT2D eigenvalue weighted by Crippen LogP contribution is -1.78. The Bertz CT molecular complexity index is 235. The summed E-state index contributed by atoms with van der Waals surface area (Å²) in [6.45, 7) is 0. The van der Waals surface area contributed by atoms with Crippen LogP contribution >= 0.6 is 39.1 Å². The van der Waals surface area contributed by atoms with E-state index in [4.69, 9.17) is 23.2 Å². The van der Waals surface area contributed by atoms with Gasteiger partial charge in [0.2, 0.25) is 0 Å². The Hall–Kier alpha value is 0.210. The second-order valence-corrected chi connectivity index (χ2v) is 3.30. The summed E-state index contributed by atoms with van der Waals surface area (Å²) in [4.78, 5) is 0. The first-order chi connectivity index (χ1) is 4.63. The number of halogens is 4. The molecule has 0 saturated heterocycles. The van der Waals surface area contributed by atoms with Gasteiger partial charge in [-0.1, -0.05) is 23.2 Å². The summed E-state index contributed by atoms with van der Waals surface area (Å²) in [5.41, 5.74) is 0. The van der Waals surface area contributed by atoms with Gasteiger partial charge in [-0.05, 0) is 28.1 Å². The van der Waals surface area contributed by atoms with Crippen molar-refractivity contribution in [3.8, 4) is 0 Å². The molecule has 1 aromatic rings. The van der Waals surface area contributed by atoms with Crippen LogP contribution in [0.15, 0.2) is 16.6 Å². The molecule has 0 fully saturated rings. The number of hydrogen-bond donors (Lipinski definition) is 0. The normalized spacial score (nSPS) is 10.0. The van der Waals surface area contributed by atoms with Crippen molar-refractivity contribution in [2.75, 3.05) is 0 Å². The smallest absolute Gasteiger partial charge is 0.157 e. The molecule has 0 heterocycles. The predicted molar refractivity (Wildman–Crippen MR) is 44.1 cm³/mol. The molecule has 0 amide bonds. The van der Waals surface area contributed by atoms with E-state index in [1.165, 1.54) is 12.1 Å². The molecular weight excluding hydrogens is 242 g/mol. The van der Waals surface area contributed by atoms with Gasteiger partial charge in [-0.15, -0.1) is 0 Å². The van der Waals surface area contributed by atoms with Crippen LogP contribution in [0.2, 0.25) is 10.0 Å². The van der Waals surface area contributed by atoms with Crippen molar-refractivity contribution in [2.24, 2.45) is 0 Å². The van der Waals surface area contributed by atoms with E-state index >= 15 is 0 Å². The Balaban J connectivity index is 3.34. The van der Waals surface area contributed by atoms with Gasteiger partial charge in [-0.2, -0.15) is 0 Å². The van der Waals surface area contributed by atoms with E-state index in [1.807, 2.05) is 0 Å². The topological polar surface area (TPSA) is 0 Å². The highest BCUT2D eigenvalue weighted by Crippen LogP contribution is 2.29. The van der Waals surface area contributed by atoms with E-state index in [1.54, 1.807) is 0 Å². The number of benzene rings is 1. The second kappa shape index (κ2) is 3.07. The minimum atomic E-state index is -0.519. The van der Waals surface area contributed by atoms with Crippen LogP contribution in [-0.2, 0) is 0 Å². The molecule has 0 saturated carbocycles. The van der Waals surface area contributed by atoms with Gasteiger partial charge in [0.05, 0.1) is 14.5 Å². The lowest BCUT2D eigenvalue weighted by atomic mass is 10.3. The van der Waals surface area contributed by atoms with Crippen molar-refractivity contribution >= 4 is 39.1 Å². The van der Waals surface area contributed by atoms with Crippen molar-refractivity contribution in [1.29, 1.82) is 0 Å². The van der Waals surface area contributed by atoms with Crippen molar-refractivity contribution in [1.82, 2.24) is 0 Å². The fourth-order valence-corrected chi connectivity index (χ4v) is 1.26. The molecule has 0 nitrogen and oxygen atoms in total. The Morgan fingerprint density at radius 1 is 1.30 bits per heavy atom. The third-order valence-corrected chi connectivity index (χ3v) is 2.38. The van der Waals surface area contributed by atoms with Gasteiger partial charge < -0.3 is 0 Å². The Kier molecular flexibility index (Phi) is 2.55. The zero-order chi connectivity index (χ0) is 7.72. The first kappa shape index (κ1) is 8.31. The van der Waals surface area contributed by atoms with E-state index < -0.39 is 5.82 Å². The predicted octanol–water partition coefficient (Wildman–Crippen LogP) is 3.90. The molecule has 54 valence electrons. The average molecular weight is 244 g/mol. The van der Waals surface area contributed by atoms with E-state index in [2.05, 4.69) is 15.9 Å². The molecule has 0 N–H and O–H groups in total. The van der Waals surface area contributed by atoms with E-state index in [9.17, 15) is 4.39 Å². The molecule has 0 aliphatic carbocycles. The Labute approximate surface area is 76.1 Å². The molecule has 4 heteroatoms. The third-order valence-electron chi connectivity index (χ3n) is 0.988. The largest absolute Gasteiger partial charge is 0.204 e. The van der Waals surface area contributed by atoms with Gasteiger partial charge in [-0.25, -0.2) is 4.39 Å². The molecule has 0 spiro atoms. The summed E-state index contributed by atoms with van der Waals surface area (Å²) in [5.74, 6) is -0.519. The van der Waals surface area contributed by atoms with Gasteiger partial charge in [-0.3, -0.25) is 0 Å². The van der Waals surface area contributed by atoms with Gasteiger partial charge >= 0.3 is 0 Å². The standard InChI is InChI=1S/C6H2BrCl2F/c7-3-1-2-4(8)5(9)6(3)10/h1-2H. The van der Waals surface area contributed by atoms with Crippen molar-refractivity contribution in [3.05, 3.63) is 32.5 Å². The molecule has 0 unspecified atom stereocenters. The monoisotopic (exact) mass is 242 g/mol. The van der Waals surface area contributed by atoms with Crippen LogP contribution in [0.1, 0.15) is 0 Å². The first-order valence-corrected chi connectivity index (χ1v) is 3.97. The maximum Gasteiger partial charge on any atom is 0.157 e. The second-order valence-electron chi connectivity index (χ2n) is 1.66. The number of rotatable bonds is 0. The third kappa shape index (κ3) is 1.44. The van der Waals surface area contributed by atoms with Crippen LogP contribution < -0.4 is 0 Å². The van der Waals surface area contributed by atoms with Gasteiger partial charge in [0, 0.05) is 0 Å². The van der Waals surface area contributed by atoms with Crippen molar-refractivity contribution in [2.45, 2.75) is 0 Å². The van der Waals surface area contributed by atoms with Crippen molar-refractivity contribution < 1.29 is 4.39 Å². The molecule has 10 heavy (non-hydrogen) atoms. The summed E-state index contributed by atoms with van der Waals surface area (Å²) in [5, 5.41) is 0.179. The summed E-state index contributed by atoms with van der Waals surface area (Å²) in [7, 11) is 0. The minimum absolute atomic E-state index is 0.0453. The average Bonchev–Trinajstić information content (AvgIpc) is 1.93. The molecule has 0 aliphatic rings. The highest BCUT2D eigenvalue weighted by Gasteiger charge is 2.06. The van der Waals surface area contributed by atoms with Crippen LogP contribution in [0.4, 0.5) is 4.39 Å². The van der Waals surface area contributed by atoms with E-state index in [-0.39, 0.29) is 10.0 Å². The van der Waals surface area contributed by atoms with Crippen LogP contribution in [0, 0.1) is 5.82 Å². The molecule has 1 rings (SSSR count). The maximum atomic E-state index is 12.7. The quantitative estimate of drug-likeness (QED) is 0.479. The van der Waals surface area contributed by atoms with Crippen LogP contribution in [0.5, 0.6) is 0 Å². The molecule has 1 aromatic carbocycles. The molecule has 0 aliphatic heterocycles. The summed E-state index contributed by atoms with van der Waals surface area (Å²) in [6, 6.07) is 3.03. The maximum absolute atomic E-state index is 12.7. The van der Waals surface area contributed by atoms with Gasteiger partial charge in [0.1, 0.15) is 0 Å². The zero-order valence-electron chi connectivity index (χ0n) is 4.67. The Morgan fingerprint density at radius 3 is 2.40 bits per heavy atom. The molecule has 0 radical (unpaired) electrons. The van der Waals surface area contributed by atoms with Crippen LogP contribution in [0.3, 0.4) is 0 Å². The van der Waals surface area contributed by atoms with Crippen LogP contribution in [-0.4, -0.2) is 0 Å². The fraction of sp³-hybridized carbons (Fsp3) is 0. The molecule has 0 atom stereocenters. The highest BCUT2D eigenvalue weighted by molar-refractivity contribution is 9.10.